The molecule has 1 aromatic rings. The maximum Gasteiger partial charge on any atom is 0.220 e. The molecule has 0 aromatic heterocycles. The molecule has 0 radical (unpaired) electrons. The van der Waals surface area contributed by atoms with E-state index in [0.717, 1.165) is 25.8 Å². The zero-order chi connectivity index (χ0) is 13.2. The summed E-state index contributed by atoms with van der Waals surface area (Å²) in [6, 6.07) is 10.1. The molecule has 2 nitrogen and oxygen atoms in total. The number of hydrogen-bond acceptors (Lipinski definition) is 1. The maximum absolute atomic E-state index is 11.7. The summed E-state index contributed by atoms with van der Waals surface area (Å²) in [5, 5.41) is 2.99. The van der Waals surface area contributed by atoms with Crippen LogP contribution in [-0.2, 0) is 11.2 Å². The Kier molecular flexibility index (Phi) is 7.51. The van der Waals surface area contributed by atoms with E-state index in [-0.39, 0.29) is 5.91 Å². The third-order valence-electron chi connectivity index (χ3n) is 3.17. The monoisotopic (exact) mass is 267 g/mol. The number of alkyl halides is 1. The second kappa shape index (κ2) is 8.98. The molecule has 0 spiro atoms. The summed E-state index contributed by atoms with van der Waals surface area (Å²) in [6.07, 6.45) is 3.39. The fourth-order valence-corrected chi connectivity index (χ4v) is 2.16. The van der Waals surface area contributed by atoms with Crippen molar-refractivity contribution in [1.29, 1.82) is 0 Å². The van der Waals surface area contributed by atoms with Gasteiger partial charge in [-0.2, -0.15) is 0 Å². The first-order valence-corrected chi connectivity index (χ1v) is 7.16. The lowest BCUT2D eigenvalue weighted by molar-refractivity contribution is -0.121. The van der Waals surface area contributed by atoms with Crippen LogP contribution in [0.1, 0.15) is 31.7 Å². The Labute approximate surface area is 115 Å². The third-order valence-corrected chi connectivity index (χ3v) is 3.38. The first-order valence-electron chi connectivity index (χ1n) is 6.62. The van der Waals surface area contributed by atoms with Crippen molar-refractivity contribution in [1.82, 2.24) is 5.32 Å². The van der Waals surface area contributed by atoms with Crippen LogP contribution in [0.4, 0.5) is 0 Å². The largest absolute Gasteiger partial charge is 0.356 e. The number of amides is 1. The number of hydrogen-bond donors (Lipinski definition) is 1. The van der Waals surface area contributed by atoms with Crippen LogP contribution in [0.15, 0.2) is 30.3 Å². The van der Waals surface area contributed by atoms with E-state index >= 15 is 0 Å². The van der Waals surface area contributed by atoms with Gasteiger partial charge in [0, 0.05) is 18.8 Å². The summed E-state index contributed by atoms with van der Waals surface area (Å²) in [4.78, 5) is 11.7. The number of carbonyl (C=O) groups excluding carboxylic acids is 1. The Bertz CT molecular complexity index is 340. The lowest BCUT2D eigenvalue weighted by atomic mass is 10.0. The van der Waals surface area contributed by atoms with Crippen LogP contribution in [0.2, 0.25) is 0 Å². The molecule has 1 amide bonds. The summed E-state index contributed by atoms with van der Waals surface area (Å²) < 4.78 is 0. The van der Waals surface area contributed by atoms with Gasteiger partial charge in [0.2, 0.25) is 5.91 Å². The molecule has 0 aliphatic carbocycles. The van der Waals surface area contributed by atoms with E-state index in [1.54, 1.807) is 0 Å². The predicted molar refractivity (Wildman–Crippen MR) is 76.9 cm³/mol. The third kappa shape index (κ3) is 6.06. The van der Waals surface area contributed by atoms with Crippen LogP contribution in [0.3, 0.4) is 0 Å². The van der Waals surface area contributed by atoms with E-state index in [1.165, 1.54) is 5.56 Å². The van der Waals surface area contributed by atoms with Crippen LogP contribution >= 0.6 is 11.6 Å². The Balaban J connectivity index is 2.21. The summed E-state index contributed by atoms with van der Waals surface area (Å²) in [5.41, 5.74) is 1.21. The molecule has 18 heavy (non-hydrogen) atoms. The van der Waals surface area contributed by atoms with Gasteiger partial charge >= 0.3 is 0 Å². The highest BCUT2D eigenvalue weighted by atomic mass is 35.5. The van der Waals surface area contributed by atoms with Crippen molar-refractivity contribution in [2.45, 2.75) is 32.6 Å². The average molecular weight is 268 g/mol. The van der Waals surface area contributed by atoms with Crippen LogP contribution in [0, 0.1) is 5.92 Å². The van der Waals surface area contributed by atoms with Gasteiger partial charge in [-0.25, -0.2) is 0 Å². The molecule has 0 saturated carbocycles. The fraction of sp³-hybridized carbons (Fsp3) is 0.533. The molecule has 1 unspecified atom stereocenters. The quantitative estimate of drug-likeness (QED) is 0.719. The van der Waals surface area contributed by atoms with Gasteiger partial charge in [-0.05, 0) is 24.3 Å². The van der Waals surface area contributed by atoms with E-state index in [0.29, 0.717) is 18.2 Å². The van der Waals surface area contributed by atoms with Crippen molar-refractivity contribution >= 4 is 17.5 Å². The van der Waals surface area contributed by atoms with Crippen molar-refractivity contribution < 1.29 is 4.79 Å². The lowest BCUT2D eigenvalue weighted by Crippen LogP contribution is -2.29. The van der Waals surface area contributed by atoms with Gasteiger partial charge in [-0.1, -0.05) is 43.7 Å². The minimum absolute atomic E-state index is 0.131. The zero-order valence-electron chi connectivity index (χ0n) is 11.0. The van der Waals surface area contributed by atoms with Crippen molar-refractivity contribution in [3.05, 3.63) is 35.9 Å². The second-order valence-electron chi connectivity index (χ2n) is 4.54. The number of benzene rings is 1. The Morgan fingerprint density at radius 2 is 2.06 bits per heavy atom. The molecular weight excluding hydrogens is 246 g/mol. The van der Waals surface area contributed by atoms with Gasteiger partial charge in [-0.3, -0.25) is 4.79 Å². The molecule has 1 N–H and O–H groups in total. The van der Waals surface area contributed by atoms with Crippen molar-refractivity contribution in [2.75, 3.05) is 12.4 Å². The van der Waals surface area contributed by atoms with Gasteiger partial charge < -0.3 is 5.32 Å². The Morgan fingerprint density at radius 1 is 1.33 bits per heavy atom. The molecule has 0 heterocycles. The standard InChI is InChI=1S/C15H22ClNO/c1-2-13(10-11-16)12-17-15(18)9-8-14-6-4-3-5-7-14/h3-7,13H,2,8-12H2,1H3,(H,17,18). The number of nitrogens with one attached hydrogen (secondary N) is 1. The van der Waals surface area contributed by atoms with E-state index in [1.807, 2.05) is 18.2 Å². The van der Waals surface area contributed by atoms with Gasteiger partial charge in [0.25, 0.3) is 0 Å². The molecule has 0 fully saturated rings. The average Bonchev–Trinajstić information content (AvgIpc) is 2.42. The topological polar surface area (TPSA) is 29.1 Å². The summed E-state index contributed by atoms with van der Waals surface area (Å²) in [5.74, 6) is 1.30. The van der Waals surface area contributed by atoms with E-state index < -0.39 is 0 Å². The first-order chi connectivity index (χ1) is 8.76. The molecule has 100 valence electrons. The predicted octanol–water partition coefficient (Wildman–Crippen LogP) is 3.39. The number of halogens is 1. The van der Waals surface area contributed by atoms with Crippen LogP contribution in [0.25, 0.3) is 0 Å². The van der Waals surface area contributed by atoms with Crippen molar-refractivity contribution in [3.63, 3.8) is 0 Å². The van der Waals surface area contributed by atoms with Crippen molar-refractivity contribution in [2.24, 2.45) is 5.92 Å². The molecule has 0 aliphatic heterocycles. The van der Waals surface area contributed by atoms with Crippen molar-refractivity contribution in [3.8, 4) is 0 Å². The molecular formula is C15H22ClNO. The molecule has 0 bridgehead atoms. The number of aryl methyl sites for hydroxylation is 1. The van der Waals surface area contributed by atoms with Gasteiger partial charge in [0.05, 0.1) is 0 Å². The fourth-order valence-electron chi connectivity index (χ4n) is 1.85. The zero-order valence-corrected chi connectivity index (χ0v) is 11.7. The number of carbonyl (C=O) groups is 1. The van der Waals surface area contributed by atoms with Gasteiger partial charge in [0.1, 0.15) is 0 Å². The lowest BCUT2D eigenvalue weighted by Gasteiger charge is -2.14. The summed E-state index contributed by atoms with van der Waals surface area (Å²) in [7, 11) is 0. The first kappa shape index (κ1) is 15.0. The van der Waals surface area contributed by atoms with E-state index in [4.69, 9.17) is 11.6 Å². The molecule has 3 heteroatoms. The smallest absolute Gasteiger partial charge is 0.220 e. The molecule has 0 aliphatic rings. The minimum atomic E-state index is 0.131. The highest BCUT2D eigenvalue weighted by Gasteiger charge is 2.08. The number of rotatable bonds is 8. The molecule has 0 saturated heterocycles. The Morgan fingerprint density at radius 3 is 2.67 bits per heavy atom. The second-order valence-corrected chi connectivity index (χ2v) is 4.92. The molecule has 1 atom stereocenters. The highest BCUT2D eigenvalue weighted by molar-refractivity contribution is 6.17. The van der Waals surface area contributed by atoms with Gasteiger partial charge in [-0.15, -0.1) is 11.6 Å². The summed E-state index contributed by atoms with van der Waals surface area (Å²) >= 11 is 5.72. The van der Waals surface area contributed by atoms with Crippen LogP contribution < -0.4 is 5.32 Å². The normalized spacial score (nSPS) is 12.1. The SMILES string of the molecule is CCC(CCCl)CNC(=O)CCc1ccccc1. The molecule has 1 rings (SSSR count). The van der Waals surface area contributed by atoms with Crippen LogP contribution in [0.5, 0.6) is 0 Å². The van der Waals surface area contributed by atoms with E-state index in [9.17, 15) is 4.79 Å². The van der Waals surface area contributed by atoms with E-state index in [2.05, 4.69) is 24.4 Å². The van der Waals surface area contributed by atoms with Crippen LogP contribution in [-0.4, -0.2) is 18.3 Å². The summed E-state index contributed by atoms with van der Waals surface area (Å²) in [6.45, 7) is 2.88. The Hall–Kier alpha value is -1.02. The maximum atomic E-state index is 11.7. The minimum Gasteiger partial charge on any atom is -0.356 e. The van der Waals surface area contributed by atoms with Gasteiger partial charge in [0.15, 0.2) is 0 Å². The molecule has 1 aromatic carbocycles. The highest BCUT2D eigenvalue weighted by Crippen LogP contribution is 2.08.